The van der Waals surface area contributed by atoms with Gasteiger partial charge in [-0.05, 0) is 43.9 Å². The number of anilines is 2. The average Bonchev–Trinajstić information content (AvgIpc) is 3.19. The molecule has 18 heavy (non-hydrogen) atoms. The number of fused-ring (bicyclic) bond motifs is 1. The van der Waals surface area contributed by atoms with Crippen LogP contribution >= 0.6 is 0 Å². The van der Waals surface area contributed by atoms with Gasteiger partial charge in [0.25, 0.3) is 0 Å². The quantitative estimate of drug-likeness (QED) is 0.837. The average molecular weight is 242 g/mol. The van der Waals surface area contributed by atoms with Crippen molar-refractivity contribution in [2.24, 2.45) is 5.92 Å². The molecule has 2 aromatic rings. The molecule has 0 unspecified atom stereocenters. The van der Waals surface area contributed by atoms with Crippen LogP contribution in [-0.2, 0) is 0 Å². The first-order valence-electron chi connectivity index (χ1n) is 6.53. The maximum absolute atomic E-state index is 5.87. The van der Waals surface area contributed by atoms with Gasteiger partial charge in [-0.25, -0.2) is 9.97 Å². The molecule has 4 nitrogen and oxygen atoms in total. The van der Waals surface area contributed by atoms with E-state index in [0.29, 0.717) is 0 Å². The molecule has 1 aromatic heterocycles. The Balaban J connectivity index is 2.05. The Morgan fingerprint density at radius 2 is 2.17 bits per heavy atom. The van der Waals surface area contributed by atoms with Crippen LogP contribution in [0.4, 0.5) is 11.5 Å². The maximum atomic E-state index is 5.87. The van der Waals surface area contributed by atoms with Crippen LogP contribution in [0.2, 0.25) is 0 Å². The van der Waals surface area contributed by atoms with Gasteiger partial charge in [0.15, 0.2) is 0 Å². The third-order valence-corrected chi connectivity index (χ3v) is 3.50. The van der Waals surface area contributed by atoms with Crippen molar-refractivity contribution in [3.05, 3.63) is 24.5 Å². The smallest absolute Gasteiger partial charge is 0.139 e. The van der Waals surface area contributed by atoms with Crippen LogP contribution < -0.4 is 10.6 Å². The Morgan fingerprint density at radius 1 is 1.33 bits per heavy atom. The van der Waals surface area contributed by atoms with Crippen molar-refractivity contribution in [1.82, 2.24) is 9.97 Å². The molecule has 0 radical (unpaired) electrons. The van der Waals surface area contributed by atoms with Crippen molar-refractivity contribution in [2.45, 2.75) is 19.8 Å². The molecule has 1 saturated carbocycles. The van der Waals surface area contributed by atoms with E-state index in [9.17, 15) is 0 Å². The highest BCUT2D eigenvalue weighted by atomic mass is 15.2. The van der Waals surface area contributed by atoms with Gasteiger partial charge in [-0.15, -0.1) is 0 Å². The van der Waals surface area contributed by atoms with Crippen LogP contribution in [0.1, 0.15) is 19.8 Å². The summed E-state index contributed by atoms with van der Waals surface area (Å²) in [5.74, 6) is 1.86. The van der Waals surface area contributed by atoms with Gasteiger partial charge in [0.2, 0.25) is 0 Å². The topological polar surface area (TPSA) is 55.0 Å². The minimum absolute atomic E-state index is 0.765. The second kappa shape index (κ2) is 4.44. The molecule has 1 heterocycles. The van der Waals surface area contributed by atoms with E-state index in [4.69, 9.17) is 5.73 Å². The lowest BCUT2D eigenvalue weighted by Gasteiger charge is -2.23. The summed E-state index contributed by atoms with van der Waals surface area (Å²) >= 11 is 0. The van der Waals surface area contributed by atoms with Crippen LogP contribution in [0.15, 0.2) is 24.5 Å². The molecule has 0 spiro atoms. The lowest BCUT2D eigenvalue weighted by molar-refractivity contribution is 0.734. The highest BCUT2D eigenvalue weighted by Crippen LogP contribution is 2.32. The summed E-state index contributed by atoms with van der Waals surface area (Å²) in [7, 11) is 0. The number of hydrogen-bond acceptors (Lipinski definition) is 4. The molecule has 2 N–H and O–H groups in total. The van der Waals surface area contributed by atoms with Crippen molar-refractivity contribution in [3.63, 3.8) is 0 Å². The Bertz CT molecular complexity index is 563. The number of hydrogen-bond donors (Lipinski definition) is 1. The minimum Gasteiger partial charge on any atom is -0.399 e. The molecule has 0 bridgehead atoms. The maximum Gasteiger partial charge on any atom is 0.139 e. The molecule has 0 amide bonds. The van der Waals surface area contributed by atoms with E-state index >= 15 is 0 Å². The molecule has 1 aromatic carbocycles. The van der Waals surface area contributed by atoms with Crippen molar-refractivity contribution >= 4 is 22.4 Å². The fourth-order valence-corrected chi connectivity index (χ4v) is 2.29. The van der Waals surface area contributed by atoms with E-state index in [1.165, 1.54) is 12.8 Å². The highest BCUT2D eigenvalue weighted by molar-refractivity contribution is 5.91. The van der Waals surface area contributed by atoms with Gasteiger partial charge < -0.3 is 10.6 Å². The summed E-state index contributed by atoms with van der Waals surface area (Å²) in [6, 6.07) is 5.82. The molecule has 0 aliphatic heterocycles. The number of nitrogens with zero attached hydrogens (tertiary/aromatic N) is 3. The molecule has 1 aliphatic carbocycles. The van der Waals surface area contributed by atoms with Gasteiger partial charge in [0.05, 0.1) is 5.52 Å². The van der Waals surface area contributed by atoms with E-state index in [1.807, 2.05) is 18.2 Å². The molecule has 94 valence electrons. The number of nitrogens with two attached hydrogens (primary N) is 1. The highest BCUT2D eigenvalue weighted by Gasteiger charge is 2.25. The first kappa shape index (κ1) is 11.3. The molecule has 3 rings (SSSR count). The normalized spacial score (nSPS) is 14.9. The Morgan fingerprint density at radius 3 is 2.89 bits per heavy atom. The molecule has 0 saturated heterocycles. The molecular formula is C14H18N4. The number of nitrogen functional groups attached to an aromatic ring is 1. The molecule has 4 heteroatoms. The zero-order valence-electron chi connectivity index (χ0n) is 10.6. The van der Waals surface area contributed by atoms with Crippen molar-refractivity contribution in [2.75, 3.05) is 23.7 Å². The van der Waals surface area contributed by atoms with E-state index in [0.717, 1.165) is 41.4 Å². The zero-order valence-corrected chi connectivity index (χ0v) is 10.6. The largest absolute Gasteiger partial charge is 0.399 e. The van der Waals surface area contributed by atoms with E-state index in [-0.39, 0.29) is 0 Å². The second-order valence-electron chi connectivity index (χ2n) is 4.96. The fraction of sp³-hybridized carbons (Fsp3) is 0.429. The van der Waals surface area contributed by atoms with E-state index in [1.54, 1.807) is 6.33 Å². The summed E-state index contributed by atoms with van der Waals surface area (Å²) in [6.07, 6.45) is 4.34. The van der Waals surface area contributed by atoms with Crippen LogP contribution in [-0.4, -0.2) is 23.1 Å². The second-order valence-corrected chi connectivity index (χ2v) is 4.96. The zero-order chi connectivity index (χ0) is 12.5. The summed E-state index contributed by atoms with van der Waals surface area (Å²) in [5, 5.41) is 1.06. The minimum atomic E-state index is 0.765. The third kappa shape index (κ3) is 2.10. The Labute approximate surface area is 107 Å². The molecule has 1 fully saturated rings. The lowest BCUT2D eigenvalue weighted by Crippen LogP contribution is -2.26. The predicted octanol–water partition coefficient (Wildman–Crippen LogP) is 2.45. The molecular weight excluding hydrogens is 224 g/mol. The fourth-order valence-electron chi connectivity index (χ4n) is 2.29. The predicted molar refractivity (Wildman–Crippen MR) is 74.6 cm³/mol. The third-order valence-electron chi connectivity index (χ3n) is 3.50. The lowest BCUT2D eigenvalue weighted by atomic mass is 10.2. The standard InChI is InChI=1S/C14H18N4/c1-2-18(8-10-3-4-10)14-12-7-11(15)5-6-13(12)16-9-17-14/h5-7,9-10H,2-4,8,15H2,1H3. The van der Waals surface area contributed by atoms with Crippen LogP contribution in [0, 0.1) is 5.92 Å². The van der Waals surface area contributed by atoms with Gasteiger partial charge in [0, 0.05) is 24.2 Å². The first-order chi connectivity index (χ1) is 8.78. The first-order valence-corrected chi connectivity index (χ1v) is 6.53. The van der Waals surface area contributed by atoms with Gasteiger partial charge in [-0.3, -0.25) is 0 Å². The molecule has 0 atom stereocenters. The number of aromatic nitrogens is 2. The van der Waals surface area contributed by atoms with Crippen molar-refractivity contribution in [3.8, 4) is 0 Å². The summed E-state index contributed by atoms with van der Waals surface area (Å²) < 4.78 is 0. The van der Waals surface area contributed by atoms with Crippen LogP contribution in [0.5, 0.6) is 0 Å². The summed E-state index contributed by atoms with van der Waals surface area (Å²) in [6.45, 7) is 4.23. The number of rotatable bonds is 4. The van der Waals surface area contributed by atoms with Crippen molar-refractivity contribution < 1.29 is 0 Å². The van der Waals surface area contributed by atoms with E-state index < -0.39 is 0 Å². The number of benzene rings is 1. The van der Waals surface area contributed by atoms with Gasteiger partial charge >= 0.3 is 0 Å². The van der Waals surface area contributed by atoms with Gasteiger partial charge in [-0.1, -0.05) is 0 Å². The summed E-state index contributed by atoms with van der Waals surface area (Å²) in [4.78, 5) is 11.1. The van der Waals surface area contributed by atoms with Crippen LogP contribution in [0.3, 0.4) is 0 Å². The summed E-state index contributed by atoms with van der Waals surface area (Å²) in [5.41, 5.74) is 7.60. The van der Waals surface area contributed by atoms with E-state index in [2.05, 4.69) is 21.8 Å². The van der Waals surface area contributed by atoms with Crippen molar-refractivity contribution in [1.29, 1.82) is 0 Å². The monoisotopic (exact) mass is 242 g/mol. The Hall–Kier alpha value is -1.84. The molecule has 1 aliphatic rings. The SMILES string of the molecule is CCN(CC1CC1)c1ncnc2ccc(N)cc12. The Kier molecular flexibility index (Phi) is 2.78. The van der Waals surface area contributed by atoms with Gasteiger partial charge in [0.1, 0.15) is 12.1 Å². The van der Waals surface area contributed by atoms with Crippen LogP contribution in [0.25, 0.3) is 10.9 Å². The van der Waals surface area contributed by atoms with Gasteiger partial charge in [-0.2, -0.15) is 0 Å².